The Labute approximate surface area is 220 Å². The van der Waals surface area contributed by atoms with Gasteiger partial charge in [-0.2, -0.15) is 0 Å². The molecule has 0 aromatic heterocycles. The summed E-state index contributed by atoms with van der Waals surface area (Å²) in [4.78, 5) is 20.1. The predicted molar refractivity (Wildman–Crippen MR) is 147 cm³/mol. The number of piperazine rings is 1. The maximum absolute atomic E-state index is 13.2. The van der Waals surface area contributed by atoms with Crippen LogP contribution in [-0.2, 0) is 17.9 Å². The van der Waals surface area contributed by atoms with Gasteiger partial charge in [0.15, 0.2) is 11.5 Å². The van der Waals surface area contributed by atoms with Crippen LogP contribution in [0, 0.1) is 5.92 Å². The molecule has 5 rings (SSSR count). The zero-order valence-electron chi connectivity index (χ0n) is 21.7. The highest BCUT2D eigenvalue weighted by Gasteiger charge is 2.30. The number of methoxy groups -OCH3 is 1. The Morgan fingerprint density at radius 2 is 1.46 bits per heavy atom. The smallest absolute Gasteiger partial charge is 0.225 e. The summed E-state index contributed by atoms with van der Waals surface area (Å²) in [5.41, 5.74) is 3.57. The van der Waals surface area contributed by atoms with Gasteiger partial charge in [0.1, 0.15) is 6.61 Å². The number of carbonyl (C=O) groups excluding carboxylic acids is 1. The first-order valence-corrected chi connectivity index (χ1v) is 13.3. The normalized spacial score (nSPS) is 17.0. The topological polar surface area (TPSA) is 45.2 Å². The van der Waals surface area contributed by atoms with E-state index in [1.54, 1.807) is 7.11 Å². The average Bonchev–Trinajstić information content (AvgIpc) is 2.97. The van der Waals surface area contributed by atoms with Gasteiger partial charge < -0.3 is 19.3 Å². The number of piperidine rings is 1. The van der Waals surface area contributed by atoms with Crippen LogP contribution in [0.15, 0.2) is 78.9 Å². The van der Waals surface area contributed by atoms with Crippen LogP contribution in [0.25, 0.3) is 0 Å². The molecule has 194 valence electrons. The second kappa shape index (κ2) is 12.2. The zero-order valence-corrected chi connectivity index (χ0v) is 21.7. The first-order valence-electron chi connectivity index (χ1n) is 13.3. The van der Waals surface area contributed by atoms with Gasteiger partial charge in [-0.3, -0.25) is 9.69 Å². The van der Waals surface area contributed by atoms with E-state index < -0.39 is 0 Å². The highest BCUT2D eigenvalue weighted by atomic mass is 16.5. The van der Waals surface area contributed by atoms with Crippen LogP contribution >= 0.6 is 0 Å². The minimum Gasteiger partial charge on any atom is -0.493 e. The van der Waals surface area contributed by atoms with Crippen molar-refractivity contribution < 1.29 is 14.3 Å². The molecule has 2 aliphatic rings. The summed E-state index contributed by atoms with van der Waals surface area (Å²) in [5.74, 6) is 2.00. The molecule has 3 aromatic carbocycles. The van der Waals surface area contributed by atoms with E-state index in [0.717, 1.165) is 75.7 Å². The Morgan fingerprint density at radius 3 is 2.14 bits per heavy atom. The molecular weight excluding hydrogens is 462 g/mol. The average molecular weight is 500 g/mol. The van der Waals surface area contributed by atoms with Gasteiger partial charge >= 0.3 is 0 Å². The quantitative estimate of drug-likeness (QED) is 0.444. The van der Waals surface area contributed by atoms with Gasteiger partial charge in [0, 0.05) is 44.3 Å². The number of rotatable bonds is 8. The lowest BCUT2D eigenvalue weighted by atomic mass is 9.94. The summed E-state index contributed by atoms with van der Waals surface area (Å²) < 4.78 is 11.6. The Bertz CT molecular complexity index is 1140. The SMILES string of the molecule is COc1cc(CN2CCC(C(=O)N3CCN(c4ccccc4)CC3)CC2)ccc1OCc1ccccc1. The van der Waals surface area contributed by atoms with Crippen molar-refractivity contribution in [3.8, 4) is 11.5 Å². The Hall–Kier alpha value is -3.51. The van der Waals surface area contributed by atoms with Gasteiger partial charge in [0.05, 0.1) is 7.11 Å². The van der Waals surface area contributed by atoms with E-state index in [1.807, 2.05) is 30.3 Å². The second-order valence-electron chi connectivity index (χ2n) is 9.96. The summed E-state index contributed by atoms with van der Waals surface area (Å²) in [6.07, 6.45) is 1.85. The third-order valence-corrected chi connectivity index (χ3v) is 7.52. The van der Waals surface area contributed by atoms with Crippen LogP contribution in [0.5, 0.6) is 11.5 Å². The number of amides is 1. The van der Waals surface area contributed by atoms with E-state index in [9.17, 15) is 4.79 Å². The summed E-state index contributed by atoms with van der Waals surface area (Å²) in [6, 6.07) is 26.8. The summed E-state index contributed by atoms with van der Waals surface area (Å²) in [6.45, 7) is 6.68. The molecule has 6 nitrogen and oxygen atoms in total. The Kier molecular flexibility index (Phi) is 8.26. The molecule has 0 bridgehead atoms. The van der Waals surface area contributed by atoms with E-state index >= 15 is 0 Å². The van der Waals surface area contributed by atoms with Gasteiger partial charge in [-0.15, -0.1) is 0 Å². The van der Waals surface area contributed by atoms with Crippen LogP contribution in [0.2, 0.25) is 0 Å². The number of ether oxygens (including phenoxy) is 2. The van der Waals surface area contributed by atoms with Crippen LogP contribution in [-0.4, -0.2) is 62.1 Å². The molecule has 0 spiro atoms. The Morgan fingerprint density at radius 1 is 0.784 bits per heavy atom. The lowest BCUT2D eigenvalue weighted by molar-refractivity contribution is -0.137. The van der Waals surface area contributed by atoms with Gasteiger partial charge in [0.2, 0.25) is 5.91 Å². The zero-order chi connectivity index (χ0) is 25.5. The van der Waals surface area contributed by atoms with E-state index in [1.165, 1.54) is 11.3 Å². The molecule has 0 atom stereocenters. The van der Waals surface area contributed by atoms with Crippen molar-refractivity contribution in [1.82, 2.24) is 9.80 Å². The molecule has 0 unspecified atom stereocenters. The summed E-state index contributed by atoms with van der Waals surface area (Å²) >= 11 is 0. The highest BCUT2D eigenvalue weighted by molar-refractivity contribution is 5.79. The number of hydrogen-bond acceptors (Lipinski definition) is 5. The Balaban J connectivity index is 1.08. The van der Waals surface area contributed by atoms with Crippen molar-refractivity contribution in [2.45, 2.75) is 26.0 Å². The standard InChI is InChI=1S/C31H37N3O3/c1-36-30-22-26(12-13-29(30)37-24-25-8-4-2-5-9-25)23-32-16-14-27(15-17-32)31(35)34-20-18-33(19-21-34)28-10-6-3-7-11-28/h2-13,22,27H,14-21,23-24H2,1H3. The van der Waals surface area contributed by atoms with Crippen LogP contribution in [0.1, 0.15) is 24.0 Å². The van der Waals surface area contributed by atoms with E-state index in [-0.39, 0.29) is 5.92 Å². The van der Waals surface area contributed by atoms with Crippen LogP contribution in [0.4, 0.5) is 5.69 Å². The molecular formula is C31H37N3O3. The molecule has 1 amide bonds. The summed E-state index contributed by atoms with van der Waals surface area (Å²) in [5, 5.41) is 0. The molecule has 2 heterocycles. The maximum Gasteiger partial charge on any atom is 0.225 e. The molecule has 2 saturated heterocycles. The minimum atomic E-state index is 0.142. The first kappa shape index (κ1) is 25.2. The number of para-hydroxylation sites is 1. The van der Waals surface area contributed by atoms with Crippen molar-refractivity contribution in [3.05, 3.63) is 90.0 Å². The van der Waals surface area contributed by atoms with Crippen molar-refractivity contribution in [3.63, 3.8) is 0 Å². The number of carbonyl (C=O) groups is 1. The van der Waals surface area contributed by atoms with Crippen molar-refractivity contribution in [1.29, 1.82) is 0 Å². The summed E-state index contributed by atoms with van der Waals surface area (Å²) in [7, 11) is 1.69. The molecule has 0 N–H and O–H groups in total. The minimum absolute atomic E-state index is 0.142. The van der Waals surface area contributed by atoms with Crippen LogP contribution in [0.3, 0.4) is 0 Å². The van der Waals surface area contributed by atoms with E-state index in [2.05, 4.69) is 63.2 Å². The molecule has 37 heavy (non-hydrogen) atoms. The molecule has 0 saturated carbocycles. The number of nitrogens with zero attached hydrogens (tertiary/aromatic N) is 3. The molecule has 2 aliphatic heterocycles. The number of hydrogen-bond donors (Lipinski definition) is 0. The van der Waals surface area contributed by atoms with Crippen molar-refractivity contribution in [2.75, 3.05) is 51.3 Å². The highest BCUT2D eigenvalue weighted by Crippen LogP contribution is 2.30. The van der Waals surface area contributed by atoms with Crippen molar-refractivity contribution in [2.24, 2.45) is 5.92 Å². The number of benzene rings is 3. The first-order chi connectivity index (χ1) is 18.2. The lowest BCUT2D eigenvalue weighted by Gasteiger charge is -2.39. The van der Waals surface area contributed by atoms with E-state index in [4.69, 9.17) is 9.47 Å². The fourth-order valence-corrected chi connectivity index (χ4v) is 5.34. The fourth-order valence-electron chi connectivity index (χ4n) is 5.34. The van der Waals surface area contributed by atoms with Crippen LogP contribution < -0.4 is 14.4 Å². The molecule has 3 aromatic rings. The third-order valence-electron chi connectivity index (χ3n) is 7.52. The molecule has 2 fully saturated rings. The monoisotopic (exact) mass is 499 g/mol. The maximum atomic E-state index is 13.2. The molecule has 0 radical (unpaired) electrons. The third kappa shape index (κ3) is 6.44. The van der Waals surface area contributed by atoms with Gasteiger partial charge in [-0.1, -0.05) is 54.6 Å². The molecule has 0 aliphatic carbocycles. The van der Waals surface area contributed by atoms with Gasteiger partial charge in [0.25, 0.3) is 0 Å². The lowest BCUT2D eigenvalue weighted by Crippen LogP contribution is -2.51. The number of anilines is 1. The van der Waals surface area contributed by atoms with Gasteiger partial charge in [-0.05, 0) is 61.3 Å². The van der Waals surface area contributed by atoms with Gasteiger partial charge in [-0.25, -0.2) is 0 Å². The molecule has 6 heteroatoms. The largest absolute Gasteiger partial charge is 0.493 e. The van der Waals surface area contributed by atoms with E-state index in [0.29, 0.717) is 12.5 Å². The predicted octanol–water partition coefficient (Wildman–Crippen LogP) is 4.84. The fraction of sp³-hybridized carbons (Fsp3) is 0.387. The number of likely N-dealkylation sites (tertiary alicyclic amines) is 1. The van der Waals surface area contributed by atoms with Crippen molar-refractivity contribution >= 4 is 11.6 Å². The second-order valence-corrected chi connectivity index (χ2v) is 9.96.